The highest BCUT2D eigenvalue weighted by atomic mass is 35.5. The second kappa shape index (κ2) is 8.62. The third kappa shape index (κ3) is 4.23. The Hall–Kier alpha value is -1.96. The number of nitrogens with zero attached hydrogens (tertiary/aromatic N) is 2. The lowest BCUT2D eigenvalue weighted by atomic mass is 9.97. The number of benzene rings is 1. The molecule has 3 rings (SSSR count). The second-order valence-corrected chi connectivity index (χ2v) is 7.45. The van der Waals surface area contributed by atoms with E-state index in [0.29, 0.717) is 41.9 Å². The van der Waals surface area contributed by atoms with Crippen LogP contribution < -0.4 is 11.1 Å². The molecule has 1 aliphatic heterocycles. The van der Waals surface area contributed by atoms with Gasteiger partial charge in [-0.3, -0.25) is 9.59 Å². The molecule has 0 radical (unpaired) electrons. The predicted molar refractivity (Wildman–Crippen MR) is 103 cm³/mol. The molecular formula is C18H21ClN4O2S. The molecular weight excluding hydrogens is 372 g/mol. The SMILES string of the molecule is NCCNC(=O)C1CCCN(C(=O)c2csc(-c3ccccc3Cl)n2)C1. The fourth-order valence-corrected chi connectivity index (χ4v) is 4.12. The van der Waals surface area contributed by atoms with E-state index in [1.54, 1.807) is 16.3 Å². The van der Waals surface area contributed by atoms with Crippen molar-refractivity contribution >= 4 is 34.8 Å². The number of carbonyl (C=O) groups is 2. The first kappa shape index (κ1) is 18.8. The number of hydrogen-bond acceptors (Lipinski definition) is 5. The molecule has 0 spiro atoms. The van der Waals surface area contributed by atoms with Gasteiger partial charge in [-0.1, -0.05) is 29.8 Å². The predicted octanol–water partition coefficient (Wildman–Crippen LogP) is 2.39. The molecule has 0 aliphatic carbocycles. The minimum atomic E-state index is -0.194. The van der Waals surface area contributed by atoms with Crippen molar-refractivity contribution in [1.82, 2.24) is 15.2 Å². The van der Waals surface area contributed by atoms with Gasteiger partial charge in [0.15, 0.2) is 0 Å². The van der Waals surface area contributed by atoms with Gasteiger partial charge in [0, 0.05) is 37.1 Å². The Kier molecular flexibility index (Phi) is 6.24. The third-order valence-corrected chi connectivity index (χ3v) is 5.56. The monoisotopic (exact) mass is 392 g/mol. The van der Waals surface area contributed by atoms with Crippen molar-refractivity contribution in [3.8, 4) is 10.6 Å². The number of amides is 2. The molecule has 2 heterocycles. The summed E-state index contributed by atoms with van der Waals surface area (Å²) in [6, 6.07) is 7.43. The van der Waals surface area contributed by atoms with Gasteiger partial charge in [-0.2, -0.15) is 0 Å². The Labute approximate surface area is 161 Å². The van der Waals surface area contributed by atoms with Crippen LogP contribution in [0.5, 0.6) is 0 Å². The van der Waals surface area contributed by atoms with Crippen molar-refractivity contribution in [3.05, 3.63) is 40.4 Å². The molecule has 1 unspecified atom stereocenters. The van der Waals surface area contributed by atoms with Gasteiger partial charge in [0.2, 0.25) is 5.91 Å². The number of halogens is 1. The van der Waals surface area contributed by atoms with Gasteiger partial charge in [-0.15, -0.1) is 11.3 Å². The van der Waals surface area contributed by atoms with E-state index in [2.05, 4.69) is 10.3 Å². The number of thiazole rings is 1. The average Bonchev–Trinajstić information content (AvgIpc) is 3.16. The van der Waals surface area contributed by atoms with Crippen LogP contribution in [-0.4, -0.2) is 47.9 Å². The molecule has 6 nitrogen and oxygen atoms in total. The third-order valence-electron chi connectivity index (χ3n) is 4.35. The molecule has 26 heavy (non-hydrogen) atoms. The van der Waals surface area contributed by atoms with Crippen molar-refractivity contribution in [1.29, 1.82) is 0 Å². The maximum Gasteiger partial charge on any atom is 0.273 e. The van der Waals surface area contributed by atoms with Crippen molar-refractivity contribution in [2.45, 2.75) is 12.8 Å². The first-order valence-corrected chi connectivity index (χ1v) is 9.83. The van der Waals surface area contributed by atoms with E-state index in [1.165, 1.54) is 11.3 Å². The van der Waals surface area contributed by atoms with Gasteiger partial charge in [-0.25, -0.2) is 4.98 Å². The normalized spacial score (nSPS) is 17.2. The lowest BCUT2D eigenvalue weighted by Gasteiger charge is -2.31. The van der Waals surface area contributed by atoms with Crippen molar-refractivity contribution < 1.29 is 9.59 Å². The van der Waals surface area contributed by atoms with E-state index >= 15 is 0 Å². The Morgan fingerprint density at radius 1 is 1.38 bits per heavy atom. The van der Waals surface area contributed by atoms with Crippen LogP contribution in [0.3, 0.4) is 0 Å². The number of nitrogens with one attached hydrogen (secondary N) is 1. The largest absolute Gasteiger partial charge is 0.355 e. The molecule has 1 atom stereocenters. The molecule has 1 fully saturated rings. The van der Waals surface area contributed by atoms with Gasteiger partial charge < -0.3 is 16.0 Å². The molecule has 1 aromatic carbocycles. The van der Waals surface area contributed by atoms with Gasteiger partial charge in [0.25, 0.3) is 5.91 Å². The molecule has 2 aromatic rings. The minimum absolute atomic E-state index is 0.0389. The maximum absolute atomic E-state index is 12.8. The van der Waals surface area contributed by atoms with Gasteiger partial charge in [-0.05, 0) is 18.9 Å². The number of nitrogens with two attached hydrogens (primary N) is 1. The first-order chi connectivity index (χ1) is 12.6. The summed E-state index contributed by atoms with van der Waals surface area (Å²) in [7, 11) is 0. The maximum atomic E-state index is 12.8. The van der Waals surface area contributed by atoms with Crippen LogP contribution in [0.1, 0.15) is 23.3 Å². The van der Waals surface area contributed by atoms with Crippen LogP contribution in [-0.2, 0) is 4.79 Å². The summed E-state index contributed by atoms with van der Waals surface area (Å²) in [5.74, 6) is -0.375. The Morgan fingerprint density at radius 3 is 2.96 bits per heavy atom. The topological polar surface area (TPSA) is 88.3 Å². The fourth-order valence-electron chi connectivity index (χ4n) is 3.01. The summed E-state index contributed by atoms with van der Waals surface area (Å²) in [6.45, 7) is 1.91. The Balaban J connectivity index is 1.69. The molecule has 2 amide bonds. The van der Waals surface area contributed by atoms with Gasteiger partial charge >= 0.3 is 0 Å². The van der Waals surface area contributed by atoms with E-state index in [-0.39, 0.29) is 17.7 Å². The lowest BCUT2D eigenvalue weighted by molar-refractivity contribution is -0.126. The molecule has 3 N–H and O–H groups in total. The average molecular weight is 393 g/mol. The number of hydrogen-bond donors (Lipinski definition) is 2. The molecule has 138 valence electrons. The zero-order chi connectivity index (χ0) is 18.5. The van der Waals surface area contributed by atoms with E-state index in [0.717, 1.165) is 18.4 Å². The quantitative estimate of drug-likeness (QED) is 0.817. The highest BCUT2D eigenvalue weighted by Crippen LogP contribution is 2.30. The molecule has 0 saturated carbocycles. The second-order valence-electron chi connectivity index (χ2n) is 6.19. The van der Waals surface area contributed by atoms with Gasteiger partial charge in [0.05, 0.1) is 10.9 Å². The highest BCUT2D eigenvalue weighted by Gasteiger charge is 2.29. The molecule has 1 saturated heterocycles. The molecule has 0 bridgehead atoms. The smallest absolute Gasteiger partial charge is 0.273 e. The summed E-state index contributed by atoms with van der Waals surface area (Å²) < 4.78 is 0. The standard InChI is InChI=1S/C18H21ClN4O2S/c19-14-6-2-1-5-13(14)17-22-15(11-26-17)18(25)23-9-3-4-12(10-23)16(24)21-8-7-20/h1-2,5-6,11-12H,3-4,7-10,20H2,(H,21,24). The lowest BCUT2D eigenvalue weighted by Crippen LogP contribution is -2.46. The van der Waals surface area contributed by atoms with Crippen LogP contribution >= 0.6 is 22.9 Å². The summed E-state index contributed by atoms with van der Waals surface area (Å²) >= 11 is 7.60. The number of piperidine rings is 1. The Bertz CT molecular complexity index is 795. The molecule has 8 heteroatoms. The first-order valence-electron chi connectivity index (χ1n) is 8.57. The number of aromatic nitrogens is 1. The van der Waals surface area contributed by atoms with Crippen LogP contribution in [0.25, 0.3) is 10.6 Å². The summed E-state index contributed by atoms with van der Waals surface area (Å²) in [6.07, 6.45) is 1.58. The zero-order valence-electron chi connectivity index (χ0n) is 14.3. The Morgan fingerprint density at radius 2 is 2.19 bits per heavy atom. The fraction of sp³-hybridized carbons (Fsp3) is 0.389. The van der Waals surface area contributed by atoms with E-state index in [4.69, 9.17) is 17.3 Å². The van der Waals surface area contributed by atoms with Gasteiger partial charge in [0.1, 0.15) is 10.7 Å². The number of likely N-dealkylation sites (tertiary alicyclic amines) is 1. The number of carbonyl (C=O) groups excluding carboxylic acids is 2. The summed E-state index contributed by atoms with van der Waals surface area (Å²) in [5, 5.41) is 5.87. The molecule has 1 aromatic heterocycles. The van der Waals surface area contributed by atoms with Crippen molar-refractivity contribution in [3.63, 3.8) is 0 Å². The molecule has 1 aliphatic rings. The van der Waals surface area contributed by atoms with E-state index < -0.39 is 0 Å². The van der Waals surface area contributed by atoms with Crippen LogP contribution in [0.2, 0.25) is 5.02 Å². The van der Waals surface area contributed by atoms with Crippen LogP contribution in [0.4, 0.5) is 0 Å². The van der Waals surface area contributed by atoms with Crippen LogP contribution in [0, 0.1) is 5.92 Å². The summed E-state index contributed by atoms with van der Waals surface area (Å²) in [5.41, 5.74) is 6.63. The van der Waals surface area contributed by atoms with E-state index in [9.17, 15) is 9.59 Å². The van der Waals surface area contributed by atoms with Crippen LogP contribution in [0.15, 0.2) is 29.6 Å². The number of rotatable bonds is 5. The van der Waals surface area contributed by atoms with Crippen molar-refractivity contribution in [2.75, 3.05) is 26.2 Å². The summed E-state index contributed by atoms with van der Waals surface area (Å²) in [4.78, 5) is 31.1. The van der Waals surface area contributed by atoms with Crippen molar-refractivity contribution in [2.24, 2.45) is 11.7 Å². The minimum Gasteiger partial charge on any atom is -0.355 e. The van der Waals surface area contributed by atoms with E-state index in [1.807, 2.05) is 18.2 Å². The zero-order valence-corrected chi connectivity index (χ0v) is 15.9. The highest BCUT2D eigenvalue weighted by molar-refractivity contribution is 7.13.